The van der Waals surface area contributed by atoms with E-state index in [-0.39, 0.29) is 11.9 Å². The summed E-state index contributed by atoms with van der Waals surface area (Å²) in [6, 6.07) is 7.67. The summed E-state index contributed by atoms with van der Waals surface area (Å²) >= 11 is 0. The highest BCUT2D eigenvalue weighted by molar-refractivity contribution is 5.94. The van der Waals surface area contributed by atoms with Gasteiger partial charge in [0.25, 0.3) is 0 Å². The van der Waals surface area contributed by atoms with Crippen molar-refractivity contribution in [2.45, 2.75) is 33.2 Å². The van der Waals surface area contributed by atoms with Crippen LogP contribution in [-0.4, -0.2) is 26.1 Å². The van der Waals surface area contributed by atoms with E-state index < -0.39 is 0 Å². The minimum atomic E-state index is -0.0315. The molecule has 0 saturated heterocycles. The molecule has 0 saturated carbocycles. The van der Waals surface area contributed by atoms with Crippen LogP contribution in [0.5, 0.6) is 0 Å². The second kappa shape index (κ2) is 5.60. The van der Waals surface area contributed by atoms with Crippen molar-refractivity contribution < 1.29 is 4.79 Å². The van der Waals surface area contributed by atoms with Gasteiger partial charge in [-0.25, -0.2) is 4.68 Å². The van der Waals surface area contributed by atoms with Crippen molar-refractivity contribution in [3.05, 3.63) is 24.3 Å². The number of hydrogen-bond acceptors (Lipinski definition) is 4. The Morgan fingerprint density at radius 3 is 2.79 bits per heavy atom. The Balaban J connectivity index is 2.44. The van der Waals surface area contributed by atoms with Crippen LogP contribution >= 0.6 is 0 Å². The Kier molecular flexibility index (Phi) is 3.89. The van der Waals surface area contributed by atoms with Gasteiger partial charge in [-0.1, -0.05) is 19.1 Å². The van der Waals surface area contributed by atoms with Crippen molar-refractivity contribution in [3.8, 4) is 11.4 Å². The predicted molar refractivity (Wildman–Crippen MR) is 72.6 cm³/mol. The van der Waals surface area contributed by atoms with Crippen molar-refractivity contribution in [1.82, 2.24) is 20.2 Å². The summed E-state index contributed by atoms with van der Waals surface area (Å²) in [5.41, 5.74) is 1.55. The topological polar surface area (TPSA) is 72.7 Å². The number of tetrazole rings is 1. The number of aromatic nitrogens is 4. The fraction of sp³-hybridized carbons (Fsp3) is 0.385. The van der Waals surface area contributed by atoms with Crippen molar-refractivity contribution in [2.24, 2.45) is 0 Å². The molecule has 6 heteroatoms. The summed E-state index contributed by atoms with van der Waals surface area (Å²) in [6.07, 6.45) is 0.434. The Morgan fingerprint density at radius 2 is 2.11 bits per heavy atom. The Hall–Kier alpha value is -2.24. The number of benzene rings is 1. The van der Waals surface area contributed by atoms with Gasteiger partial charge in [-0.3, -0.25) is 4.79 Å². The number of para-hydroxylation sites is 1. The molecular formula is C13H17N5O. The van der Waals surface area contributed by atoms with Crippen LogP contribution in [0.2, 0.25) is 0 Å². The van der Waals surface area contributed by atoms with E-state index in [9.17, 15) is 4.79 Å². The molecule has 2 aromatic rings. The number of nitrogens with one attached hydrogen (secondary N) is 1. The maximum absolute atomic E-state index is 11.6. The van der Waals surface area contributed by atoms with Crippen LogP contribution < -0.4 is 5.32 Å². The summed E-state index contributed by atoms with van der Waals surface area (Å²) in [7, 11) is 0. The van der Waals surface area contributed by atoms with E-state index in [4.69, 9.17) is 0 Å². The summed E-state index contributed by atoms with van der Waals surface area (Å²) in [6.45, 7) is 5.83. The van der Waals surface area contributed by atoms with Gasteiger partial charge in [-0.05, 0) is 36.4 Å². The first-order chi connectivity index (χ1) is 9.13. The molecule has 1 aromatic heterocycles. The number of anilines is 1. The molecule has 1 N–H and O–H groups in total. The van der Waals surface area contributed by atoms with Gasteiger partial charge < -0.3 is 5.32 Å². The summed E-state index contributed by atoms with van der Waals surface area (Å²) in [5, 5.41) is 14.6. The molecule has 0 spiro atoms. The van der Waals surface area contributed by atoms with Gasteiger partial charge in [0.2, 0.25) is 5.91 Å². The highest BCUT2D eigenvalue weighted by Gasteiger charge is 2.15. The lowest BCUT2D eigenvalue weighted by Gasteiger charge is -2.12. The van der Waals surface area contributed by atoms with Crippen molar-refractivity contribution in [1.29, 1.82) is 0 Å². The molecule has 2 rings (SSSR count). The number of amides is 1. The zero-order chi connectivity index (χ0) is 13.8. The largest absolute Gasteiger partial charge is 0.325 e. The molecule has 0 fully saturated rings. The van der Waals surface area contributed by atoms with Crippen LogP contribution in [0.1, 0.15) is 33.2 Å². The van der Waals surface area contributed by atoms with Crippen LogP contribution in [0.25, 0.3) is 11.4 Å². The molecule has 0 aliphatic rings. The molecule has 19 heavy (non-hydrogen) atoms. The first-order valence-electron chi connectivity index (χ1n) is 6.30. The number of hydrogen-bond donors (Lipinski definition) is 1. The maximum atomic E-state index is 11.6. The third kappa shape index (κ3) is 2.78. The molecule has 0 atom stereocenters. The van der Waals surface area contributed by atoms with Gasteiger partial charge in [-0.15, -0.1) is 5.10 Å². The van der Waals surface area contributed by atoms with Gasteiger partial charge in [0.15, 0.2) is 5.82 Å². The summed E-state index contributed by atoms with van der Waals surface area (Å²) < 4.78 is 1.73. The minimum absolute atomic E-state index is 0.0315. The SMILES string of the molecule is CCC(=O)Nc1ccccc1-c1nnnn1C(C)C. The first kappa shape index (κ1) is 13.2. The molecule has 6 nitrogen and oxygen atoms in total. The van der Waals surface area contributed by atoms with Gasteiger partial charge >= 0.3 is 0 Å². The Labute approximate surface area is 111 Å². The van der Waals surface area contributed by atoms with E-state index in [0.29, 0.717) is 12.2 Å². The van der Waals surface area contributed by atoms with E-state index in [1.807, 2.05) is 45.0 Å². The van der Waals surface area contributed by atoms with E-state index in [2.05, 4.69) is 20.8 Å². The average Bonchev–Trinajstić information content (AvgIpc) is 2.88. The van der Waals surface area contributed by atoms with Crippen LogP contribution in [-0.2, 0) is 4.79 Å². The van der Waals surface area contributed by atoms with E-state index in [0.717, 1.165) is 11.3 Å². The molecule has 0 aliphatic carbocycles. The van der Waals surface area contributed by atoms with Crippen LogP contribution in [0.15, 0.2) is 24.3 Å². The quantitative estimate of drug-likeness (QED) is 0.914. The lowest BCUT2D eigenvalue weighted by Crippen LogP contribution is -2.12. The predicted octanol–water partition coefficient (Wildman–Crippen LogP) is 2.27. The van der Waals surface area contributed by atoms with E-state index in [1.165, 1.54) is 0 Å². The van der Waals surface area contributed by atoms with E-state index >= 15 is 0 Å². The number of carbonyl (C=O) groups is 1. The van der Waals surface area contributed by atoms with Gasteiger partial charge in [0.05, 0.1) is 11.7 Å². The molecule has 0 aliphatic heterocycles. The Morgan fingerprint density at radius 1 is 1.37 bits per heavy atom. The molecule has 0 unspecified atom stereocenters. The zero-order valence-electron chi connectivity index (χ0n) is 11.3. The third-order valence-electron chi connectivity index (χ3n) is 2.75. The van der Waals surface area contributed by atoms with Crippen LogP contribution in [0, 0.1) is 0 Å². The standard InChI is InChI=1S/C13H17N5O/c1-4-12(19)14-11-8-6-5-7-10(11)13-15-16-17-18(13)9(2)3/h5-9H,4H2,1-3H3,(H,14,19). The highest BCUT2D eigenvalue weighted by Crippen LogP contribution is 2.27. The average molecular weight is 259 g/mol. The first-order valence-corrected chi connectivity index (χ1v) is 6.30. The molecule has 0 bridgehead atoms. The third-order valence-corrected chi connectivity index (χ3v) is 2.75. The smallest absolute Gasteiger partial charge is 0.224 e. The lowest BCUT2D eigenvalue weighted by molar-refractivity contribution is -0.115. The van der Waals surface area contributed by atoms with Crippen molar-refractivity contribution >= 4 is 11.6 Å². The van der Waals surface area contributed by atoms with Crippen molar-refractivity contribution in [3.63, 3.8) is 0 Å². The van der Waals surface area contributed by atoms with Gasteiger partial charge in [0.1, 0.15) is 0 Å². The van der Waals surface area contributed by atoms with Gasteiger partial charge in [0, 0.05) is 12.0 Å². The maximum Gasteiger partial charge on any atom is 0.224 e. The van der Waals surface area contributed by atoms with E-state index in [1.54, 1.807) is 4.68 Å². The Bertz CT molecular complexity index is 576. The van der Waals surface area contributed by atoms with Gasteiger partial charge in [-0.2, -0.15) is 0 Å². The molecule has 1 amide bonds. The lowest BCUT2D eigenvalue weighted by atomic mass is 10.1. The fourth-order valence-electron chi connectivity index (χ4n) is 1.74. The van der Waals surface area contributed by atoms with Crippen LogP contribution in [0.4, 0.5) is 5.69 Å². The number of nitrogens with zero attached hydrogens (tertiary/aromatic N) is 4. The zero-order valence-corrected chi connectivity index (χ0v) is 11.3. The number of rotatable bonds is 4. The van der Waals surface area contributed by atoms with Crippen LogP contribution in [0.3, 0.4) is 0 Å². The van der Waals surface area contributed by atoms with Crippen molar-refractivity contribution in [2.75, 3.05) is 5.32 Å². The second-order valence-electron chi connectivity index (χ2n) is 4.49. The normalized spacial score (nSPS) is 10.7. The minimum Gasteiger partial charge on any atom is -0.325 e. The summed E-state index contributed by atoms with van der Waals surface area (Å²) in [5.74, 6) is 0.623. The number of carbonyl (C=O) groups excluding carboxylic acids is 1. The molecule has 100 valence electrons. The monoisotopic (exact) mass is 259 g/mol. The fourth-order valence-corrected chi connectivity index (χ4v) is 1.74. The highest BCUT2D eigenvalue weighted by atomic mass is 16.1. The summed E-state index contributed by atoms with van der Waals surface area (Å²) in [4.78, 5) is 11.6. The molecule has 0 radical (unpaired) electrons. The molecule has 1 aromatic carbocycles. The molecular weight excluding hydrogens is 242 g/mol. The second-order valence-corrected chi connectivity index (χ2v) is 4.49. The molecule has 1 heterocycles.